The van der Waals surface area contributed by atoms with Crippen LogP contribution in [0.25, 0.3) is 0 Å². The van der Waals surface area contributed by atoms with E-state index in [1.54, 1.807) is 18.5 Å². The summed E-state index contributed by atoms with van der Waals surface area (Å²) in [4.78, 5) is 3.75. The second-order valence-corrected chi connectivity index (χ2v) is 6.51. The van der Waals surface area contributed by atoms with Gasteiger partial charge in [-0.1, -0.05) is 0 Å². The van der Waals surface area contributed by atoms with Gasteiger partial charge in [0.05, 0.1) is 4.90 Å². The molecule has 0 saturated carbocycles. The summed E-state index contributed by atoms with van der Waals surface area (Å²) in [5.41, 5.74) is 7.62. The zero-order chi connectivity index (χ0) is 15.6. The van der Waals surface area contributed by atoms with E-state index in [0.29, 0.717) is 0 Å². The SMILES string of the molecule is Cc1cnccc1CNS(=O)(=O)c1cc(N)c(C)c(F)c1. The minimum absolute atomic E-state index is 0.103. The minimum atomic E-state index is -3.83. The average molecular weight is 309 g/mol. The lowest BCUT2D eigenvalue weighted by Crippen LogP contribution is -2.24. The first-order valence-corrected chi connectivity index (χ1v) is 7.74. The Morgan fingerprint density at radius 2 is 2.05 bits per heavy atom. The molecular weight excluding hydrogens is 293 g/mol. The fraction of sp³-hybridized carbons (Fsp3) is 0.214. The Morgan fingerprint density at radius 3 is 2.67 bits per heavy atom. The van der Waals surface area contributed by atoms with Gasteiger partial charge in [-0.3, -0.25) is 4.98 Å². The molecule has 1 aromatic carbocycles. The highest BCUT2D eigenvalue weighted by molar-refractivity contribution is 7.89. The predicted octanol–water partition coefficient (Wildman–Crippen LogP) is 1.90. The van der Waals surface area contributed by atoms with Crippen LogP contribution < -0.4 is 10.5 Å². The lowest BCUT2D eigenvalue weighted by Gasteiger charge is -2.10. The van der Waals surface area contributed by atoms with E-state index in [4.69, 9.17) is 5.73 Å². The molecule has 0 aliphatic carbocycles. The Morgan fingerprint density at radius 1 is 1.33 bits per heavy atom. The summed E-state index contributed by atoms with van der Waals surface area (Å²) in [6, 6.07) is 3.94. The highest BCUT2D eigenvalue weighted by Crippen LogP contribution is 2.21. The zero-order valence-corrected chi connectivity index (χ0v) is 12.5. The second-order valence-electron chi connectivity index (χ2n) is 4.75. The van der Waals surface area contributed by atoms with E-state index < -0.39 is 15.8 Å². The van der Waals surface area contributed by atoms with Crippen molar-refractivity contribution >= 4 is 15.7 Å². The van der Waals surface area contributed by atoms with Gasteiger partial charge in [-0.15, -0.1) is 0 Å². The van der Waals surface area contributed by atoms with Crippen molar-refractivity contribution in [2.24, 2.45) is 0 Å². The predicted molar refractivity (Wildman–Crippen MR) is 78.5 cm³/mol. The standard InChI is InChI=1S/C14H16FN3O2S/c1-9-7-17-4-3-11(9)8-18-21(19,20)12-5-13(15)10(2)14(16)6-12/h3-7,18H,8,16H2,1-2H3. The van der Waals surface area contributed by atoms with Gasteiger partial charge in [0.1, 0.15) is 5.82 Å². The molecule has 0 aliphatic rings. The summed E-state index contributed by atoms with van der Waals surface area (Å²) in [5, 5.41) is 0. The van der Waals surface area contributed by atoms with Crippen LogP contribution in [0.5, 0.6) is 0 Å². The number of anilines is 1. The number of nitrogen functional groups attached to an aromatic ring is 1. The molecule has 2 rings (SSSR count). The van der Waals surface area contributed by atoms with Crippen LogP contribution in [-0.2, 0) is 16.6 Å². The van der Waals surface area contributed by atoms with Gasteiger partial charge in [0.25, 0.3) is 0 Å². The van der Waals surface area contributed by atoms with Crippen LogP contribution in [0.2, 0.25) is 0 Å². The monoisotopic (exact) mass is 309 g/mol. The minimum Gasteiger partial charge on any atom is -0.398 e. The number of aromatic nitrogens is 1. The zero-order valence-electron chi connectivity index (χ0n) is 11.7. The lowest BCUT2D eigenvalue weighted by molar-refractivity contribution is 0.576. The molecule has 3 N–H and O–H groups in total. The molecular formula is C14H16FN3O2S. The summed E-state index contributed by atoms with van der Waals surface area (Å²) in [5.74, 6) is -0.643. The summed E-state index contributed by atoms with van der Waals surface area (Å²) in [6.07, 6.45) is 3.23. The third-order valence-electron chi connectivity index (χ3n) is 3.26. The van der Waals surface area contributed by atoms with Crippen LogP contribution >= 0.6 is 0 Å². The molecule has 1 aromatic heterocycles. The third-order valence-corrected chi connectivity index (χ3v) is 4.64. The fourth-order valence-electron chi connectivity index (χ4n) is 1.79. The summed E-state index contributed by atoms with van der Waals surface area (Å²) < 4.78 is 40.4. The van der Waals surface area contributed by atoms with Crippen molar-refractivity contribution in [3.63, 3.8) is 0 Å². The number of halogens is 1. The Hall–Kier alpha value is -1.99. The molecule has 0 fully saturated rings. The highest BCUT2D eigenvalue weighted by atomic mass is 32.2. The molecule has 21 heavy (non-hydrogen) atoms. The number of nitrogens with zero attached hydrogens (tertiary/aromatic N) is 1. The first kappa shape index (κ1) is 15.4. The molecule has 0 radical (unpaired) electrons. The number of nitrogens with two attached hydrogens (primary N) is 1. The summed E-state index contributed by atoms with van der Waals surface area (Å²) in [6.45, 7) is 3.43. The van der Waals surface area contributed by atoms with E-state index in [1.807, 2.05) is 6.92 Å². The van der Waals surface area contributed by atoms with E-state index in [-0.39, 0.29) is 22.7 Å². The fourth-order valence-corrected chi connectivity index (χ4v) is 2.84. The van der Waals surface area contributed by atoms with E-state index in [2.05, 4.69) is 9.71 Å². The van der Waals surface area contributed by atoms with E-state index in [9.17, 15) is 12.8 Å². The van der Waals surface area contributed by atoms with Crippen molar-refractivity contribution in [2.45, 2.75) is 25.3 Å². The summed E-state index contributed by atoms with van der Waals surface area (Å²) in [7, 11) is -3.83. The maximum absolute atomic E-state index is 13.6. The van der Waals surface area contributed by atoms with Crippen molar-refractivity contribution < 1.29 is 12.8 Å². The number of hydrogen-bond acceptors (Lipinski definition) is 4. The van der Waals surface area contributed by atoms with Crippen molar-refractivity contribution in [3.05, 3.63) is 53.1 Å². The van der Waals surface area contributed by atoms with Gasteiger partial charge in [-0.05, 0) is 43.2 Å². The van der Waals surface area contributed by atoms with Crippen LogP contribution in [0.1, 0.15) is 16.7 Å². The Kier molecular flexibility index (Phi) is 4.24. The van der Waals surface area contributed by atoms with E-state index in [1.165, 1.54) is 13.0 Å². The number of rotatable bonds is 4. The maximum Gasteiger partial charge on any atom is 0.241 e. The quantitative estimate of drug-likeness (QED) is 0.845. The Labute approximate surface area is 123 Å². The molecule has 0 atom stereocenters. The molecule has 0 aliphatic heterocycles. The van der Waals surface area contributed by atoms with Crippen molar-refractivity contribution in [1.29, 1.82) is 0 Å². The highest BCUT2D eigenvalue weighted by Gasteiger charge is 2.17. The van der Waals surface area contributed by atoms with Crippen LogP contribution in [0.4, 0.5) is 10.1 Å². The van der Waals surface area contributed by atoms with Crippen LogP contribution in [-0.4, -0.2) is 13.4 Å². The first-order valence-electron chi connectivity index (χ1n) is 6.26. The molecule has 2 aromatic rings. The molecule has 0 bridgehead atoms. The molecule has 0 spiro atoms. The van der Waals surface area contributed by atoms with Crippen molar-refractivity contribution in [1.82, 2.24) is 9.71 Å². The average Bonchev–Trinajstić information content (AvgIpc) is 2.43. The normalized spacial score (nSPS) is 11.6. The topological polar surface area (TPSA) is 85.1 Å². The number of hydrogen-bond donors (Lipinski definition) is 2. The Bertz CT molecular complexity index is 753. The molecule has 7 heteroatoms. The second kappa shape index (κ2) is 5.79. The smallest absolute Gasteiger partial charge is 0.241 e. The van der Waals surface area contributed by atoms with Crippen LogP contribution in [0.15, 0.2) is 35.5 Å². The van der Waals surface area contributed by atoms with Gasteiger partial charge in [-0.2, -0.15) is 0 Å². The molecule has 5 nitrogen and oxygen atoms in total. The van der Waals surface area contributed by atoms with Crippen LogP contribution in [0, 0.1) is 19.7 Å². The van der Waals surface area contributed by atoms with Gasteiger partial charge < -0.3 is 5.73 Å². The van der Waals surface area contributed by atoms with E-state index in [0.717, 1.165) is 17.2 Å². The van der Waals surface area contributed by atoms with E-state index >= 15 is 0 Å². The van der Waals surface area contributed by atoms with Gasteiger partial charge in [0, 0.05) is 30.2 Å². The number of aryl methyl sites for hydroxylation is 1. The van der Waals surface area contributed by atoms with Gasteiger partial charge in [-0.25, -0.2) is 17.5 Å². The van der Waals surface area contributed by atoms with Gasteiger partial charge in [0.2, 0.25) is 10.0 Å². The van der Waals surface area contributed by atoms with Crippen molar-refractivity contribution in [2.75, 3.05) is 5.73 Å². The first-order chi connectivity index (χ1) is 9.81. The van der Waals surface area contributed by atoms with Crippen LogP contribution in [0.3, 0.4) is 0 Å². The Balaban J connectivity index is 2.25. The largest absolute Gasteiger partial charge is 0.398 e. The van der Waals surface area contributed by atoms with Gasteiger partial charge in [0.15, 0.2) is 0 Å². The van der Waals surface area contributed by atoms with Gasteiger partial charge >= 0.3 is 0 Å². The number of pyridine rings is 1. The molecule has 0 amide bonds. The maximum atomic E-state index is 13.6. The lowest BCUT2D eigenvalue weighted by atomic mass is 10.2. The summed E-state index contributed by atoms with van der Waals surface area (Å²) >= 11 is 0. The van der Waals surface area contributed by atoms with Crippen molar-refractivity contribution in [3.8, 4) is 0 Å². The number of sulfonamides is 1. The molecule has 0 saturated heterocycles. The molecule has 0 unspecified atom stereocenters. The molecule has 112 valence electrons. The number of nitrogens with one attached hydrogen (secondary N) is 1. The molecule has 1 heterocycles. The third kappa shape index (κ3) is 3.37. The number of benzene rings is 1.